The van der Waals surface area contributed by atoms with Crippen LogP contribution in [-0.4, -0.2) is 17.8 Å². The minimum atomic E-state index is 0.817. The first-order chi connectivity index (χ1) is 4.85. The molecule has 0 atom stereocenters. The Labute approximate surface area is 71.8 Å². The summed E-state index contributed by atoms with van der Waals surface area (Å²) >= 11 is 3.58. The Bertz CT molecular complexity index is 142. The molecule has 0 aromatic heterocycles. The molecule has 0 bridgehead atoms. The van der Waals surface area contributed by atoms with E-state index in [1.807, 2.05) is 0 Å². The summed E-state index contributed by atoms with van der Waals surface area (Å²) in [5.41, 5.74) is 0. The minimum Gasteiger partial charge on any atom is -0.144 e. The van der Waals surface area contributed by atoms with Crippen molar-refractivity contribution in [3.63, 3.8) is 0 Å². The summed E-state index contributed by atoms with van der Waals surface area (Å²) in [5, 5.41) is 0. The average Bonchev–Trinajstić information content (AvgIpc) is 1.99. The lowest BCUT2D eigenvalue weighted by Crippen LogP contribution is -1.81. The number of hydrogen-bond acceptors (Lipinski definition) is 2. The smallest absolute Gasteiger partial charge is 0.0548 e. The van der Waals surface area contributed by atoms with Crippen LogP contribution in [0.4, 0.5) is 0 Å². The van der Waals surface area contributed by atoms with Gasteiger partial charge in [-0.15, -0.1) is 29.9 Å². The molecule has 0 saturated carbocycles. The molecule has 0 spiro atoms. The molecule has 0 unspecified atom stereocenters. The van der Waals surface area contributed by atoms with Gasteiger partial charge in [0.25, 0.3) is 0 Å². The zero-order chi connectivity index (χ0) is 7.82. The first-order valence-corrected chi connectivity index (χ1v) is 5.43. The summed E-state index contributed by atoms with van der Waals surface area (Å²) in [6.45, 7) is 2.06. The van der Waals surface area contributed by atoms with Crippen LogP contribution >= 0.6 is 23.5 Å². The van der Waals surface area contributed by atoms with Crippen molar-refractivity contribution in [1.29, 1.82) is 0 Å². The maximum absolute atomic E-state index is 5.10. The van der Waals surface area contributed by atoms with Gasteiger partial charge in [-0.25, -0.2) is 0 Å². The quantitative estimate of drug-likeness (QED) is 0.472. The van der Waals surface area contributed by atoms with Gasteiger partial charge >= 0.3 is 0 Å². The lowest BCUT2D eigenvalue weighted by molar-refractivity contribution is 1.61. The second-order valence-corrected chi connectivity index (χ2v) is 3.57. The van der Waals surface area contributed by atoms with Gasteiger partial charge in [0.15, 0.2) is 0 Å². The highest BCUT2D eigenvalue weighted by molar-refractivity contribution is 8.05. The number of hydrogen-bond donors (Lipinski definition) is 0. The molecule has 0 amide bonds. The number of rotatable bonds is 4. The topological polar surface area (TPSA) is 0 Å². The van der Waals surface area contributed by atoms with Crippen molar-refractivity contribution >= 4 is 23.5 Å². The minimum absolute atomic E-state index is 0.817. The van der Waals surface area contributed by atoms with Crippen molar-refractivity contribution < 1.29 is 0 Å². The van der Waals surface area contributed by atoms with E-state index < -0.39 is 0 Å². The Morgan fingerprint density at radius 3 is 2.80 bits per heavy atom. The summed E-state index contributed by atoms with van der Waals surface area (Å²) in [4.78, 5) is 1.40. The molecule has 0 aromatic carbocycles. The fraction of sp³-hybridized carbons (Fsp3) is 0.500. The second kappa shape index (κ2) is 7.11. The van der Waals surface area contributed by atoms with Gasteiger partial charge in [-0.05, 0) is 18.1 Å². The monoisotopic (exact) mass is 172 g/mol. The van der Waals surface area contributed by atoms with Crippen molar-refractivity contribution in [3.05, 3.63) is 11.0 Å². The molecule has 10 heavy (non-hydrogen) atoms. The summed E-state index contributed by atoms with van der Waals surface area (Å²) in [7, 11) is 0. The van der Waals surface area contributed by atoms with Crippen LogP contribution in [0.5, 0.6) is 0 Å². The van der Waals surface area contributed by atoms with Crippen LogP contribution in [0.15, 0.2) is 11.0 Å². The van der Waals surface area contributed by atoms with Crippen LogP contribution < -0.4 is 0 Å². The Morgan fingerprint density at radius 2 is 2.40 bits per heavy atom. The molecule has 56 valence electrons. The highest BCUT2D eigenvalue weighted by Crippen LogP contribution is 2.16. The van der Waals surface area contributed by atoms with Crippen molar-refractivity contribution in [2.45, 2.75) is 6.92 Å². The van der Waals surface area contributed by atoms with E-state index in [9.17, 15) is 0 Å². The summed E-state index contributed by atoms with van der Waals surface area (Å²) in [6.07, 6.45) is 9.32. The molecule has 0 N–H and O–H groups in total. The maximum Gasteiger partial charge on any atom is 0.0548 e. The predicted molar refractivity (Wildman–Crippen MR) is 53.4 cm³/mol. The average molecular weight is 172 g/mol. The summed E-state index contributed by atoms with van der Waals surface area (Å²) < 4.78 is 0. The van der Waals surface area contributed by atoms with Crippen molar-refractivity contribution in [1.82, 2.24) is 0 Å². The van der Waals surface area contributed by atoms with Gasteiger partial charge in [0.05, 0.1) is 5.75 Å². The Balaban J connectivity index is 3.39. The molecular formula is C8H12S2. The van der Waals surface area contributed by atoms with Crippen LogP contribution in [0.3, 0.4) is 0 Å². The molecule has 0 aliphatic heterocycles. The number of thioether (sulfide) groups is 2. The van der Waals surface area contributed by atoms with Crippen LogP contribution in [0.1, 0.15) is 6.92 Å². The van der Waals surface area contributed by atoms with Crippen LogP contribution in [0.25, 0.3) is 0 Å². The largest absolute Gasteiger partial charge is 0.144 e. The molecule has 0 radical (unpaired) electrons. The van der Waals surface area contributed by atoms with Gasteiger partial charge in [0.2, 0.25) is 0 Å². The molecule has 0 rings (SSSR count). The van der Waals surface area contributed by atoms with E-state index in [0.29, 0.717) is 0 Å². The molecular weight excluding hydrogens is 160 g/mol. The highest BCUT2D eigenvalue weighted by atomic mass is 32.2. The van der Waals surface area contributed by atoms with Gasteiger partial charge in [-0.3, -0.25) is 0 Å². The molecule has 0 aliphatic rings. The lowest BCUT2D eigenvalue weighted by Gasteiger charge is -1.98. The zero-order valence-corrected chi connectivity index (χ0v) is 8.02. The van der Waals surface area contributed by atoms with Crippen LogP contribution in [0.2, 0.25) is 0 Å². The second-order valence-electron chi connectivity index (χ2n) is 1.66. The molecule has 0 heterocycles. The van der Waals surface area contributed by atoms with E-state index >= 15 is 0 Å². The van der Waals surface area contributed by atoms with Gasteiger partial charge in [0.1, 0.15) is 0 Å². The number of allylic oxidation sites excluding steroid dienone is 1. The summed E-state index contributed by atoms with van der Waals surface area (Å²) in [6, 6.07) is 0. The predicted octanol–water partition coefficient (Wildman–Crippen LogP) is 2.62. The summed E-state index contributed by atoms with van der Waals surface area (Å²) in [5.74, 6) is 4.47. The standard InChI is InChI=1S/C8H12S2/c1-4-6-10-7-8(5-2)9-3/h1,5H,6-7H2,2-3H3. The molecule has 0 fully saturated rings. The first kappa shape index (κ1) is 10.0. The van der Waals surface area contributed by atoms with E-state index in [1.165, 1.54) is 4.91 Å². The van der Waals surface area contributed by atoms with E-state index in [4.69, 9.17) is 6.42 Å². The van der Waals surface area contributed by atoms with Crippen LogP contribution in [0, 0.1) is 12.3 Å². The van der Waals surface area contributed by atoms with Gasteiger partial charge in [0, 0.05) is 5.75 Å². The van der Waals surface area contributed by atoms with Crippen molar-refractivity contribution in [3.8, 4) is 12.3 Å². The number of terminal acetylenes is 1. The van der Waals surface area contributed by atoms with Gasteiger partial charge in [-0.1, -0.05) is 12.0 Å². The van der Waals surface area contributed by atoms with Crippen LogP contribution in [-0.2, 0) is 0 Å². The van der Waals surface area contributed by atoms with Gasteiger partial charge < -0.3 is 0 Å². The van der Waals surface area contributed by atoms with Crippen molar-refractivity contribution in [2.75, 3.05) is 17.8 Å². The Kier molecular flexibility index (Phi) is 7.11. The van der Waals surface area contributed by atoms with E-state index in [1.54, 1.807) is 23.5 Å². The fourth-order valence-electron chi connectivity index (χ4n) is 0.471. The van der Waals surface area contributed by atoms with Gasteiger partial charge in [-0.2, -0.15) is 0 Å². The van der Waals surface area contributed by atoms with E-state index in [0.717, 1.165) is 11.5 Å². The SMILES string of the molecule is C#CCSCC(=CC)SC. The molecule has 2 heteroatoms. The zero-order valence-electron chi connectivity index (χ0n) is 6.39. The Hall–Kier alpha value is -0.0000000000000000555. The normalized spacial score (nSPS) is 11.1. The molecule has 0 aliphatic carbocycles. The van der Waals surface area contributed by atoms with E-state index in [2.05, 4.69) is 25.2 Å². The third-order valence-corrected chi connectivity index (χ3v) is 2.99. The Morgan fingerprint density at radius 1 is 1.70 bits per heavy atom. The molecule has 0 nitrogen and oxygen atoms in total. The van der Waals surface area contributed by atoms with E-state index in [-0.39, 0.29) is 0 Å². The lowest BCUT2D eigenvalue weighted by atomic mass is 10.6. The van der Waals surface area contributed by atoms with Crippen molar-refractivity contribution in [2.24, 2.45) is 0 Å². The highest BCUT2D eigenvalue weighted by Gasteiger charge is 1.91. The molecule has 0 saturated heterocycles. The third-order valence-electron chi connectivity index (χ3n) is 1.01. The molecule has 0 aromatic rings. The maximum atomic E-state index is 5.10. The first-order valence-electron chi connectivity index (χ1n) is 3.05. The fourth-order valence-corrected chi connectivity index (χ4v) is 2.02. The third kappa shape index (κ3) is 4.84.